The predicted molar refractivity (Wildman–Crippen MR) is 66.9 cm³/mol. The molecular weight excluding hydrogens is 236 g/mol. The van der Waals surface area contributed by atoms with Crippen molar-refractivity contribution in [2.45, 2.75) is 44.8 Å². The molecular formula is C12H22N2O4. The molecule has 1 unspecified atom stereocenters. The number of carbonyl (C=O) groups excluding carboxylic acids is 1. The molecule has 1 aliphatic carbocycles. The van der Waals surface area contributed by atoms with Crippen molar-refractivity contribution in [3.63, 3.8) is 0 Å². The van der Waals surface area contributed by atoms with Crippen molar-refractivity contribution in [3.8, 4) is 0 Å². The number of carbonyl (C=O) groups is 1. The van der Waals surface area contributed by atoms with Crippen molar-refractivity contribution in [2.75, 3.05) is 20.3 Å². The number of methoxy groups -OCH3 is 1. The third-order valence-electron chi connectivity index (χ3n) is 3.02. The standard InChI is InChI=1S/C12H22N2O4/c1-9(12(15)13-7-8-17-2)18-11-5-3-10(14-16)4-6-11/h9,11,16H,3-8H2,1-2H3,(H,13,15). The van der Waals surface area contributed by atoms with Gasteiger partial charge in [-0.15, -0.1) is 0 Å². The molecule has 18 heavy (non-hydrogen) atoms. The van der Waals surface area contributed by atoms with Crippen LogP contribution in [0.5, 0.6) is 0 Å². The van der Waals surface area contributed by atoms with Crippen LogP contribution in [0.3, 0.4) is 0 Å². The average Bonchev–Trinajstić information content (AvgIpc) is 2.39. The van der Waals surface area contributed by atoms with Gasteiger partial charge in [0.25, 0.3) is 0 Å². The average molecular weight is 258 g/mol. The monoisotopic (exact) mass is 258 g/mol. The summed E-state index contributed by atoms with van der Waals surface area (Å²) in [5.74, 6) is -0.117. The van der Waals surface area contributed by atoms with E-state index in [1.165, 1.54) is 0 Å². The molecule has 0 radical (unpaired) electrons. The maximum Gasteiger partial charge on any atom is 0.248 e. The molecule has 0 saturated heterocycles. The summed E-state index contributed by atoms with van der Waals surface area (Å²) in [6.07, 6.45) is 2.68. The largest absolute Gasteiger partial charge is 0.411 e. The summed E-state index contributed by atoms with van der Waals surface area (Å²) < 4.78 is 10.5. The molecule has 0 aromatic heterocycles. The van der Waals surface area contributed by atoms with Crippen LogP contribution in [0.15, 0.2) is 5.16 Å². The minimum Gasteiger partial charge on any atom is -0.411 e. The molecule has 0 spiro atoms. The Bertz CT molecular complexity index is 284. The van der Waals surface area contributed by atoms with E-state index in [2.05, 4.69) is 10.5 Å². The van der Waals surface area contributed by atoms with E-state index in [1.54, 1.807) is 14.0 Å². The van der Waals surface area contributed by atoms with E-state index in [4.69, 9.17) is 14.7 Å². The Morgan fingerprint density at radius 3 is 2.78 bits per heavy atom. The molecule has 1 aliphatic rings. The van der Waals surface area contributed by atoms with E-state index in [9.17, 15) is 4.79 Å². The quantitative estimate of drug-likeness (QED) is 0.422. The first-order valence-electron chi connectivity index (χ1n) is 6.29. The number of rotatable bonds is 6. The first-order chi connectivity index (χ1) is 8.67. The van der Waals surface area contributed by atoms with E-state index >= 15 is 0 Å². The topological polar surface area (TPSA) is 80.2 Å². The molecule has 1 rings (SSSR count). The zero-order valence-corrected chi connectivity index (χ0v) is 11.0. The lowest BCUT2D eigenvalue weighted by molar-refractivity contribution is -0.136. The van der Waals surface area contributed by atoms with Crippen LogP contribution < -0.4 is 5.32 Å². The highest BCUT2D eigenvalue weighted by Gasteiger charge is 2.23. The van der Waals surface area contributed by atoms with E-state index in [-0.39, 0.29) is 12.0 Å². The third-order valence-corrected chi connectivity index (χ3v) is 3.02. The van der Waals surface area contributed by atoms with Gasteiger partial charge in [-0.1, -0.05) is 5.16 Å². The van der Waals surface area contributed by atoms with Crippen molar-refractivity contribution in [3.05, 3.63) is 0 Å². The fourth-order valence-electron chi connectivity index (χ4n) is 1.93. The van der Waals surface area contributed by atoms with Crippen LogP contribution in [0.25, 0.3) is 0 Å². The summed E-state index contributed by atoms with van der Waals surface area (Å²) in [7, 11) is 1.59. The molecule has 0 aromatic carbocycles. The zero-order chi connectivity index (χ0) is 13.4. The van der Waals surface area contributed by atoms with Crippen molar-refractivity contribution in [1.29, 1.82) is 0 Å². The summed E-state index contributed by atoms with van der Waals surface area (Å²) in [5, 5.41) is 14.6. The second-order valence-corrected chi connectivity index (χ2v) is 4.43. The number of amides is 1. The Hall–Kier alpha value is -1.14. The fourth-order valence-corrected chi connectivity index (χ4v) is 1.93. The molecule has 6 heteroatoms. The lowest BCUT2D eigenvalue weighted by Gasteiger charge is -2.25. The van der Waals surface area contributed by atoms with Gasteiger partial charge in [-0.2, -0.15) is 0 Å². The Balaban J connectivity index is 2.23. The molecule has 6 nitrogen and oxygen atoms in total. The Morgan fingerprint density at radius 1 is 1.56 bits per heavy atom. The minimum atomic E-state index is -0.459. The van der Waals surface area contributed by atoms with Crippen molar-refractivity contribution >= 4 is 11.6 Å². The Morgan fingerprint density at radius 2 is 2.22 bits per heavy atom. The SMILES string of the molecule is COCCNC(=O)C(C)OC1CCC(=NO)CC1. The Labute approximate surface area is 107 Å². The molecule has 0 heterocycles. The van der Waals surface area contributed by atoms with Gasteiger partial charge in [0.05, 0.1) is 18.4 Å². The van der Waals surface area contributed by atoms with Gasteiger partial charge < -0.3 is 20.0 Å². The summed E-state index contributed by atoms with van der Waals surface area (Å²) in [4.78, 5) is 11.7. The van der Waals surface area contributed by atoms with E-state index in [1.807, 2.05) is 0 Å². The lowest BCUT2D eigenvalue weighted by Crippen LogP contribution is -2.39. The number of hydrogen-bond acceptors (Lipinski definition) is 5. The summed E-state index contributed by atoms with van der Waals surface area (Å²) in [6, 6.07) is 0. The van der Waals surface area contributed by atoms with Crippen LogP contribution in [-0.2, 0) is 14.3 Å². The van der Waals surface area contributed by atoms with Gasteiger partial charge in [-0.3, -0.25) is 4.79 Å². The summed E-state index contributed by atoms with van der Waals surface area (Å²) in [5.41, 5.74) is 0.812. The molecule has 0 aliphatic heterocycles. The van der Waals surface area contributed by atoms with Crippen LogP contribution in [0.4, 0.5) is 0 Å². The molecule has 1 fully saturated rings. The number of nitrogens with one attached hydrogen (secondary N) is 1. The smallest absolute Gasteiger partial charge is 0.248 e. The predicted octanol–water partition coefficient (Wildman–Crippen LogP) is 0.927. The number of oxime groups is 1. The van der Waals surface area contributed by atoms with Crippen LogP contribution in [0.2, 0.25) is 0 Å². The van der Waals surface area contributed by atoms with Gasteiger partial charge in [-0.05, 0) is 32.6 Å². The van der Waals surface area contributed by atoms with Gasteiger partial charge >= 0.3 is 0 Å². The van der Waals surface area contributed by atoms with Crippen molar-refractivity contribution < 1.29 is 19.5 Å². The summed E-state index contributed by atoms with van der Waals surface area (Å²) >= 11 is 0. The second kappa shape index (κ2) is 8.05. The highest BCUT2D eigenvalue weighted by atomic mass is 16.5. The molecule has 1 amide bonds. The summed E-state index contributed by atoms with van der Waals surface area (Å²) in [6.45, 7) is 2.74. The normalized spacial score (nSPS) is 21.4. The molecule has 1 saturated carbocycles. The maximum absolute atomic E-state index is 11.7. The number of hydrogen-bond donors (Lipinski definition) is 2. The highest BCUT2D eigenvalue weighted by Crippen LogP contribution is 2.20. The maximum atomic E-state index is 11.7. The van der Waals surface area contributed by atoms with Crippen LogP contribution in [0.1, 0.15) is 32.6 Å². The van der Waals surface area contributed by atoms with Crippen LogP contribution >= 0.6 is 0 Å². The molecule has 0 aromatic rings. The van der Waals surface area contributed by atoms with Gasteiger partial charge in [-0.25, -0.2) is 0 Å². The van der Waals surface area contributed by atoms with Gasteiger partial charge in [0.2, 0.25) is 5.91 Å². The third kappa shape index (κ3) is 5.01. The van der Waals surface area contributed by atoms with E-state index in [0.717, 1.165) is 31.4 Å². The van der Waals surface area contributed by atoms with E-state index < -0.39 is 6.10 Å². The van der Waals surface area contributed by atoms with Crippen molar-refractivity contribution in [1.82, 2.24) is 5.32 Å². The van der Waals surface area contributed by atoms with Crippen LogP contribution in [-0.4, -0.2) is 49.3 Å². The molecule has 2 N–H and O–H groups in total. The van der Waals surface area contributed by atoms with Crippen molar-refractivity contribution in [2.24, 2.45) is 5.16 Å². The zero-order valence-electron chi connectivity index (χ0n) is 11.0. The second-order valence-electron chi connectivity index (χ2n) is 4.43. The highest BCUT2D eigenvalue weighted by molar-refractivity contribution is 5.84. The fraction of sp³-hybridized carbons (Fsp3) is 0.833. The first kappa shape index (κ1) is 14.9. The lowest BCUT2D eigenvalue weighted by atomic mass is 9.96. The minimum absolute atomic E-state index is 0.0682. The molecule has 1 atom stereocenters. The first-order valence-corrected chi connectivity index (χ1v) is 6.29. The van der Waals surface area contributed by atoms with E-state index in [0.29, 0.717) is 13.2 Å². The molecule has 0 bridgehead atoms. The van der Waals surface area contributed by atoms with Gasteiger partial charge in [0, 0.05) is 13.7 Å². The van der Waals surface area contributed by atoms with Crippen LogP contribution in [0, 0.1) is 0 Å². The van der Waals surface area contributed by atoms with Gasteiger partial charge in [0.1, 0.15) is 6.10 Å². The Kier molecular flexibility index (Phi) is 6.67. The van der Waals surface area contributed by atoms with Gasteiger partial charge in [0.15, 0.2) is 0 Å². The molecule has 104 valence electrons. The number of ether oxygens (including phenoxy) is 2. The number of nitrogens with zero attached hydrogens (tertiary/aromatic N) is 1.